The molecule has 134 valence electrons. The first kappa shape index (κ1) is 20.4. The molecule has 0 aliphatic carbocycles. The van der Waals surface area contributed by atoms with Crippen LogP contribution in [0.15, 0.2) is 0 Å². The minimum atomic E-state index is -0.220. The van der Waals surface area contributed by atoms with E-state index in [-0.39, 0.29) is 36.2 Å². The second kappa shape index (κ2) is 9.59. The summed E-state index contributed by atoms with van der Waals surface area (Å²) in [6, 6.07) is 0. The van der Waals surface area contributed by atoms with Crippen molar-refractivity contribution < 1.29 is 28.5 Å². The number of hydrogen-bond donors (Lipinski definition) is 0. The number of hydrogen-bond acceptors (Lipinski definition) is 6. The van der Waals surface area contributed by atoms with Gasteiger partial charge in [0.05, 0.1) is 51.3 Å². The number of carbonyl (C=O) groups is 2. The maximum atomic E-state index is 11.8. The Morgan fingerprint density at radius 2 is 0.917 bits per heavy atom. The SMILES string of the molecule is COc1c(CC(=O)CCl)c(OC)c(OC)c(CC(=O)CCl)c1OC. The van der Waals surface area contributed by atoms with Crippen LogP contribution in [0.3, 0.4) is 0 Å². The molecule has 0 fully saturated rings. The number of benzene rings is 1. The van der Waals surface area contributed by atoms with Crippen LogP contribution in [0.2, 0.25) is 0 Å². The summed E-state index contributed by atoms with van der Waals surface area (Å²) in [7, 11) is 5.74. The van der Waals surface area contributed by atoms with E-state index < -0.39 is 0 Å². The zero-order valence-electron chi connectivity index (χ0n) is 14.0. The third-order valence-corrected chi connectivity index (χ3v) is 3.97. The first-order valence-electron chi connectivity index (χ1n) is 7.01. The van der Waals surface area contributed by atoms with Crippen LogP contribution in [0.25, 0.3) is 0 Å². The number of alkyl halides is 2. The molecule has 0 atom stereocenters. The summed E-state index contributed by atoms with van der Waals surface area (Å²) in [5, 5.41) is 0. The Kier molecular flexibility index (Phi) is 8.15. The molecule has 0 saturated heterocycles. The van der Waals surface area contributed by atoms with Gasteiger partial charge in [-0.05, 0) is 0 Å². The summed E-state index contributed by atoms with van der Waals surface area (Å²) in [4.78, 5) is 23.7. The maximum absolute atomic E-state index is 11.8. The number of rotatable bonds is 10. The van der Waals surface area contributed by atoms with E-state index in [4.69, 9.17) is 42.1 Å². The molecule has 6 nitrogen and oxygen atoms in total. The van der Waals surface area contributed by atoms with Crippen LogP contribution in [0.4, 0.5) is 0 Å². The fourth-order valence-electron chi connectivity index (χ4n) is 2.43. The molecule has 1 aromatic rings. The van der Waals surface area contributed by atoms with E-state index in [1.807, 2.05) is 0 Å². The Morgan fingerprint density at radius 1 is 0.667 bits per heavy atom. The van der Waals surface area contributed by atoms with E-state index in [1.54, 1.807) is 0 Å². The lowest BCUT2D eigenvalue weighted by atomic mass is 9.98. The van der Waals surface area contributed by atoms with E-state index in [2.05, 4.69) is 0 Å². The Morgan fingerprint density at radius 3 is 1.08 bits per heavy atom. The number of ketones is 2. The highest BCUT2D eigenvalue weighted by atomic mass is 35.5. The summed E-state index contributed by atoms with van der Waals surface area (Å²) >= 11 is 11.2. The second-order valence-corrected chi connectivity index (χ2v) is 5.32. The van der Waals surface area contributed by atoms with Gasteiger partial charge in [-0.3, -0.25) is 9.59 Å². The van der Waals surface area contributed by atoms with Gasteiger partial charge in [0.25, 0.3) is 0 Å². The zero-order chi connectivity index (χ0) is 18.3. The van der Waals surface area contributed by atoms with E-state index >= 15 is 0 Å². The quantitative estimate of drug-likeness (QED) is 0.582. The molecular formula is C16H20Cl2O6. The van der Waals surface area contributed by atoms with Crippen molar-refractivity contribution >= 4 is 34.8 Å². The molecule has 0 aliphatic heterocycles. The summed E-state index contributed by atoms with van der Waals surface area (Å²) in [6.07, 6.45) is -0.0431. The van der Waals surface area contributed by atoms with E-state index in [0.29, 0.717) is 34.1 Å². The van der Waals surface area contributed by atoms with Crippen LogP contribution in [0, 0.1) is 0 Å². The Labute approximate surface area is 150 Å². The van der Waals surface area contributed by atoms with Crippen molar-refractivity contribution in [3.05, 3.63) is 11.1 Å². The molecule has 0 aromatic heterocycles. The van der Waals surface area contributed by atoms with Crippen LogP contribution in [-0.4, -0.2) is 51.8 Å². The Bertz CT molecular complexity index is 529. The summed E-state index contributed by atoms with van der Waals surface area (Å²) < 4.78 is 21.6. The fraction of sp³-hybridized carbons (Fsp3) is 0.500. The predicted molar refractivity (Wildman–Crippen MR) is 91.5 cm³/mol. The molecule has 0 radical (unpaired) electrons. The smallest absolute Gasteiger partial charge is 0.168 e. The fourth-order valence-corrected chi connectivity index (χ4v) is 2.62. The molecular weight excluding hydrogens is 359 g/mol. The van der Waals surface area contributed by atoms with Gasteiger partial charge < -0.3 is 18.9 Å². The van der Waals surface area contributed by atoms with Crippen molar-refractivity contribution in [2.45, 2.75) is 12.8 Å². The number of carbonyl (C=O) groups excluding carboxylic acids is 2. The first-order chi connectivity index (χ1) is 11.5. The second-order valence-electron chi connectivity index (χ2n) is 4.79. The molecule has 0 heterocycles. The minimum Gasteiger partial charge on any atom is -0.492 e. The van der Waals surface area contributed by atoms with Crippen LogP contribution >= 0.6 is 23.2 Å². The van der Waals surface area contributed by atoms with Gasteiger partial charge in [0.2, 0.25) is 0 Å². The van der Waals surface area contributed by atoms with Crippen LogP contribution in [-0.2, 0) is 22.4 Å². The summed E-state index contributed by atoms with van der Waals surface area (Å²) in [6.45, 7) is 0. The van der Waals surface area contributed by atoms with Gasteiger partial charge in [-0.15, -0.1) is 23.2 Å². The average Bonchev–Trinajstić information content (AvgIpc) is 2.60. The van der Waals surface area contributed by atoms with E-state index in [0.717, 1.165) is 0 Å². The average molecular weight is 379 g/mol. The molecule has 0 N–H and O–H groups in total. The third-order valence-electron chi connectivity index (χ3n) is 3.37. The molecule has 0 spiro atoms. The van der Waals surface area contributed by atoms with Crippen LogP contribution in [0.1, 0.15) is 11.1 Å². The number of halogens is 2. The zero-order valence-corrected chi connectivity index (χ0v) is 15.5. The highest BCUT2D eigenvalue weighted by Gasteiger charge is 2.29. The van der Waals surface area contributed by atoms with Crippen molar-refractivity contribution in [1.29, 1.82) is 0 Å². The predicted octanol–water partition coefficient (Wildman–Crippen LogP) is 2.42. The molecule has 24 heavy (non-hydrogen) atoms. The Hall–Kier alpha value is -1.66. The van der Waals surface area contributed by atoms with Crippen molar-refractivity contribution in [3.8, 4) is 23.0 Å². The van der Waals surface area contributed by atoms with Gasteiger partial charge >= 0.3 is 0 Å². The van der Waals surface area contributed by atoms with Crippen molar-refractivity contribution in [2.75, 3.05) is 40.2 Å². The normalized spacial score (nSPS) is 10.2. The molecule has 0 aliphatic rings. The molecule has 0 saturated carbocycles. The lowest BCUT2D eigenvalue weighted by Gasteiger charge is -2.22. The van der Waals surface area contributed by atoms with Gasteiger partial charge in [0.1, 0.15) is 0 Å². The summed E-state index contributed by atoms with van der Waals surface area (Å²) in [5.74, 6) is 0.449. The van der Waals surface area contributed by atoms with Crippen molar-refractivity contribution in [3.63, 3.8) is 0 Å². The minimum absolute atomic E-state index is 0.0215. The first-order valence-corrected chi connectivity index (χ1v) is 8.08. The molecule has 0 bridgehead atoms. The number of methoxy groups -OCH3 is 4. The number of ether oxygens (including phenoxy) is 4. The van der Waals surface area contributed by atoms with Gasteiger partial charge in [-0.2, -0.15) is 0 Å². The lowest BCUT2D eigenvalue weighted by molar-refractivity contribution is -0.117. The topological polar surface area (TPSA) is 71.1 Å². The van der Waals surface area contributed by atoms with Crippen molar-refractivity contribution in [1.82, 2.24) is 0 Å². The highest BCUT2D eigenvalue weighted by molar-refractivity contribution is 6.28. The van der Waals surface area contributed by atoms with Gasteiger partial charge in [-0.1, -0.05) is 0 Å². The molecule has 0 unspecified atom stereocenters. The molecule has 1 rings (SSSR count). The van der Waals surface area contributed by atoms with Crippen molar-refractivity contribution in [2.24, 2.45) is 0 Å². The van der Waals surface area contributed by atoms with Crippen LogP contribution in [0.5, 0.6) is 23.0 Å². The van der Waals surface area contributed by atoms with Gasteiger partial charge in [0.15, 0.2) is 34.6 Å². The highest BCUT2D eigenvalue weighted by Crippen LogP contribution is 2.49. The monoisotopic (exact) mass is 378 g/mol. The van der Waals surface area contributed by atoms with E-state index in [9.17, 15) is 9.59 Å². The standard InChI is InChI=1S/C16H20Cl2O6/c1-21-13-11(5-9(19)7-17)15(23-3)16(24-4)12(14(13)22-2)6-10(20)8-18/h5-8H2,1-4H3. The number of Topliss-reactive ketones (excluding diaryl/α,β-unsaturated/α-hetero) is 2. The third kappa shape index (κ3) is 4.24. The molecule has 1 aromatic carbocycles. The summed E-state index contributed by atoms with van der Waals surface area (Å²) in [5.41, 5.74) is 0.892. The van der Waals surface area contributed by atoms with Gasteiger partial charge in [0, 0.05) is 12.8 Å². The molecule has 8 heteroatoms. The largest absolute Gasteiger partial charge is 0.492 e. The van der Waals surface area contributed by atoms with Crippen LogP contribution < -0.4 is 18.9 Å². The maximum Gasteiger partial charge on any atom is 0.168 e. The van der Waals surface area contributed by atoms with E-state index in [1.165, 1.54) is 28.4 Å². The lowest BCUT2D eigenvalue weighted by Crippen LogP contribution is -2.13. The Balaban J connectivity index is 3.72. The molecule has 0 amide bonds. The van der Waals surface area contributed by atoms with Gasteiger partial charge in [-0.25, -0.2) is 0 Å².